The fourth-order valence-electron chi connectivity index (χ4n) is 3.31. The molecular weight excluding hydrogens is 290 g/mol. The van der Waals surface area contributed by atoms with Crippen LogP contribution in [-0.2, 0) is 11.2 Å². The van der Waals surface area contributed by atoms with Gasteiger partial charge in [0.25, 0.3) is 0 Å². The van der Waals surface area contributed by atoms with E-state index in [-0.39, 0.29) is 11.8 Å². The van der Waals surface area contributed by atoms with Crippen molar-refractivity contribution in [2.45, 2.75) is 32.4 Å². The Morgan fingerprint density at radius 2 is 2.22 bits per heavy atom. The Morgan fingerprint density at radius 3 is 3.00 bits per heavy atom. The molecule has 0 radical (unpaired) electrons. The average Bonchev–Trinajstić information content (AvgIpc) is 2.94. The Labute approximate surface area is 138 Å². The van der Waals surface area contributed by atoms with E-state index < -0.39 is 0 Å². The predicted octanol–water partition coefficient (Wildman–Crippen LogP) is 1.54. The Balaban J connectivity index is 1.50. The van der Waals surface area contributed by atoms with Gasteiger partial charge in [0.15, 0.2) is 5.78 Å². The number of anilines is 1. The Bertz CT molecular complexity index is 555. The smallest absolute Gasteiger partial charge is 0.179 e. The third-order valence-electron chi connectivity index (χ3n) is 4.69. The lowest BCUT2D eigenvalue weighted by Crippen LogP contribution is -2.43. The molecule has 1 aromatic rings. The van der Waals surface area contributed by atoms with Gasteiger partial charge in [0.1, 0.15) is 0 Å². The molecule has 5 nitrogen and oxygen atoms in total. The summed E-state index contributed by atoms with van der Waals surface area (Å²) < 4.78 is 5.35. The number of fused-ring (bicyclic) bond motifs is 1. The van der Waals surface area contributed by atoms with E-state index in [1.165, 1.54) is 11.3 Å². The number of carbonyl (C=O) groups excluding carboxylic acids is 1. The number of rotatable bonds is 6. The number of ether oxygens (including phenoxy) is 1. The van der Waals surface area contributed by atoms with Crippen molar-refractivity contribution in [2.24, 2.45) is 0 Å². The molecule has 0 saturated carbocycles. The number of hydrogen-bond donors (Lipinski definition) is 2. The van der Waals surface area contributed by atoms with Crippen LogP contribution in [0.1, 0.15) is 29.8 Å². The van der Waals surface area contributed by atoms with Gasteiger partial charge in [-0.3, -0.25) is 9.69 Å². The van der Waals surface area contributed by atoms with Gasteiger partial charge in [-0.25, -0.2) is 0 Å². The van der Waals surface area contributed by atoms with Crippen molar-refractivity contribution in [1.82, 2.24) is 10.2 Å². The van der Waals surface area contributed by atoms with Gasteiger partial charge >= 0.3 is 0 Å². The lowest BCUT2D eigenvalue weighted by atomic mass is 10.0. The van der Waals surface area contributed by atoms with Crippen LogP contribution in [0.5, 0.6) is 0 Å². The normalized spacial score (nSPS) is 22.4. The monoisotopic (exact) mass is 317 g/mol. The first-order valence-corrected chi connectivity index (χ1v) is 8.60. The van der Waals surface area contributed by atoms with Crippen molar-refractivity contribution in [3.8, 4) is 0 Å². The topological polar surface area (TPSA) is 53.6 Å². The fourth-order valence-corrected chi connectivity index (χ4v) is 3.31. The first-order valence-electron chi connectivity index (χ1n) is 8.60. The SMILES string of the molecule is CC1Cc2cc(C(=O)C(C)NCCN3CCOCC3)ccc2N1. The summed E-state index contributed by atoms with van der Waals surface area (Å²) in [5.74, 6) is 0.175. The van der Waals surface area contributed by atoms with E-state index in [0.717, 1.165) is 51.4 Å². The Morgan fingerprint density at radius 1 is 1.43 bits per heavy atom. The summed E-state index contributed by atoms with van der Waals surface area (Å²) in [4.78, 5) is 15.0. The largest absolute Gasteiger partial charge is 0.382 e. The van der Waals surface area contributed by atoms with Gasteiger partial charge in [0.05, 0.1) is 19.3 Å². The average molecular weight is 317 g/mol. The second-order valence-corrected chi connectivity index (χ2v) is 6.62. The van der Waals surface area contributed by atoms with E-state index in [4.69, 9.17) is 4.74 Å². The third kappa shape index (κ3) is 4.10. The first kappa shape index (κ1) is 16.4. The number of benzene rings is 1. The van der Waals surface area contributed by atoms with Gasteiger partial charge in [-0.2, -0.15) is 0 Å². The molecule has 0 bridgehead atoms. The fraction of sp³-hybridized carbons (Fsp3) is 0.611. The lowest BCUT2D eigenvalue weighted by molar-refractivity contribution is 0.0381. The van der Waals surface area contributed by atoms with Crippen molar-refractivity contribution in [2.75, 3.05) is 44.7 Å². The second-order valence-electron chi connectivity index (χ2n) is 6.62. The van der Waals surface area contributed by atoms with Gasteiger partial charge in [0, 0.05) is 43.5 Å². The summed E-state index contributed by atoms with van der Waals surface area (Å²) in [6.45, 7) is 9.52. The molecule has 2 aliphatic heterocycles. The molecule has 5 heteroatoms. The Kier molecular flexibility index (Phi) is 5.30. The van der Waals surface area contributed by atoms with Crippen LogP contribution in [-0.4, -0.2) is 62.2 Å². The number of Topliss-reactive ketones (excluding diaryl/α,β-unsaturated/α-hetero) is 1. The number of nitrogens with one attached hydrogen (secondary N) is 2. The summed E-state index contributed by atoms with van der Waals surface area (Å²) in [7, 11) is 0. The minimum Gasteiger partial charge on any atom is -0.382 e. The molecule has 3 rings (SSSR count). The van der Waals surface area contributed by atoms with E-state index in [1.54, 1.807) is 0 Å². The Hall–Kier alpha value is -1.43. The standard InChI is InChI=1S/C18H27N3O2/c1-13-11-16-12-15(3-4-17(16)20-13)18(22)14(2)19-5-6-21-7-9-23-10-8-21/h3-4,12-14,19-20H,5-11H2,1-2H3. The number of hydrogen-bond acceptors (Lipinski definition) is 5. The minimum absolute atomic E-state index is 0.152. The van der Waals surface area contributed by atoms with E-state index >= 15 is 0 Å². The summed E-state index contributed by atoms with van der Waals surface area (Å²) in [6, 6.07) is 6.33. The van der Waals surface area contributed by atoms with Crippen molar-refractivity contribution in [3.05, 3.63) is 29.3 Å². The van der Waals surface area contributed by atoms with Crippen LogP contribution in [0, 0.1) is 0 Å². The molecule has 2 atom stereocenters. The van der Waals surface area contributed by atoms with Gasteiger partial charge in [-0.05, 0) is 44.0 Å². The number of carbonyl (C=O) groups is 1. The number of morpholine rings is 1. The molecule has 0 aromatic heterocycles. The molecule has 1 saturated heterocycles. The quantitative estimate of drug-likeness (QED) is 0.780. The molecule has 0 aliphatic carbocycles. The first-order chi connectivity index (χ1) is 11.1. The summed E-state index contributed by atoms with van der Waals surface area (Å²) >= 11 is 0. The van der Waals surface area contributed by atoms with Crippen molar-refractivity contribution >= 4 is 11.5 Å². The minimum atomic E-state index is -0.152. The summed E-state index contributed by atoms with van der Waals surface area (Å²) in [6.07, 6.45) is 0.995. The molecule has 0 amide bonds. The molecule has 23 heavy (non-hydrogen) atoms. The zero-order valence-corrected chi connectivity index (χ0v) is 14.1. The maximum Gasteiger partial charge on any atom is 0.179 e. The van der Waals surface area contributed by atoms with E-state index in [2.05, 4.69) is 22.5 Å². The van der Waals surface area contributed by atoms with Crippen LogP contribution in [0.15, 0.2) is 18.2 Å². The van der Waals surface area contributed by atoms with Gasteiger partial charge < -0.3 is 15.4 Å². The van der Waals surface area contributed by atoms with E-state index in [9.17, 15) is 4.79 Å². The molecule has 2 aliphatic rings. The summed E-state index contributed by atoms with van der Waals surface area (Å²) in [5.41, 5.74) is 3.23. The third-order valence-corrected chi connectivity index (χ3v) is 4.69. The molecule has 2 heterocycles. The zero-order chi connectivity index (χ0) is 16.2. The highest BCUT2D eigenvalue weighted by atomic mass is 16.5. The molecule has 1 fully saturated rings. The van der Waals surface area contributed by atoms with Crippen LogP contribution in [0.25, 0.3) is 0 Å². The van der Waals surface area contributed by atoms with Gasteiger partial charge in [0.2, 0.25) is 0 Å². The molecule has 0 spiro atoms. The molecule has 126 valence electrons. The maximum atomic E-state index is 12.6. The van der Waals surface area contributed by atoms with Gasteiger partial charge in [-0.15, -0.1) is 0 Å². The predicted molar refractivity (Wildman–Crippen MR) is 92.3 cm³/mol. The van der Waals surface area contributed by atoms with Crippen LogP contribution in [0.4, 0.5) is 5.69 Å². The molecular formula is C18H27N3O2. The maximum absolute atomic E-state index is 12.6. The van der Waals surface area contributed by atoms with Crippen LogP contribution in [0.2, 0.25) is 0 Å². The van der Waals surface area contributed by atoms with Crippen LogP contribution >= 0.6 is 0 Å². The number of nitrogens with zero attached hydrogens (tertiary/aromatic N) is 1. The van der Waals surface area contributed by atoms with Crippen molar-refractivity contribution in [1.29, 1.82) is 0 Å². The second kappa shape index (κ2) is 7.43. The lowest BCUT2D eigenvalue weighted by Gasteiger charge is -2.27. The van der Waals surface area contributed by atoms with Crippen molar-refractivity contribution < 1.29 is 9.53 Å². The highest BCUT2D eigenvalue weighted by molar-refractivity contribution is 6.00. The highest BCUT2D eigenvalue weighted by Crippen LogP contribution is 2.26. The highest BCUT2D eigenvalue weighted by Gasteiger charge is 2.20. The van der Waals surface area contributed by atoms with Crippen LogP contribution < -0.4 is 10.6 Å². The molecule has 2 N–H and O–H groups in total. The molecule has 2 unspecified atom stereocenters. The van der Waals surface area contributed by atoms with E-state index in [0.29, 0.717) is 6.04 Å². The molecule has 1 aromatic carbocycles. The summed E-state index contributed by atoms with van der Waals surface area (Å²) in [5, 5.41) is 6.78. The van der Waals surface area contributed by atoms with Crippen molar-refractivity contribution in [3.63, 3.8) is 0 Å². The number of ketones is 1. The zero-order valence-electron chi connectivity index (χ0n) is 14.1. The van der Waals surface area contributed by atoms with Crippen LogP contribution in [0.3, 0.4) is 0 Å². The van der Waals surface area contributed by atoms with E-state index in [1.807, 2.05) is 25.1 Å². The van der Waals surface area contributed by atoms with Gasteiger partial charge in [-0.1, -0.05) is 0 Å².